The molecule has 111 heavy (non-hydrogen) atoms. The Labute approximate surface area is 626 Å². The summed E-state index contributed by atoms with van der Waals surface area (Å²) < 4.78 is 152. The van der Waals surface area contributed by atoms with E-state index in [2.05, 4.69) is 45.9 Å². The number of phosphoric acid groups is 6. The van der Waals surface area contributed by atoms with Crippen LogP contribution in [0.3, 0.4) is 0 Å². The number of nitrogens with zero attached hydrogens (tertiary/aromatic N) is 3. The Bertz CT molecular complexity index is 4780. The first kappa shape index (κ1) is 89.5. The topological polar surface area (TPSA) is 640 Å². The Morgan fingerprint density at radius 2 is 0.910 bits per heavy atom. The fourth-order valence-electron chi connectivity index (χ4n) is 10.6. The molecular weight excluding hydrogens is 1610 g/mol. The number of ether oxygens (including phenoxy) is 7. The Balaban J connectivity index is 0.000000209. The molecule has 7 heterocycles. The van der Waals surface area contributed by atoms with Crippen LogP contribution in [0.2, 0.25) is 0 Å². The highest BCUT2D eigenvalue weighted by atomic mass is 31.3. The van der Waals surface area contributed by atoms with Gasteiger partial charge in [-0.15, -0.1) is 0 Å². The fraction of sp³-hybridized carbons (Fsp3) is 0.467. The Hall–Kier alpha value is -7.06. The van der Waals surface area contributed by atoms with Crippen molar-refractivity contribution in [2.75, 3.05) is 38.4 Å². The number of aromatic amines is 3. The molecule has 0 bridgehead atoms. The normalized spacial score (nSPS) is 26.0. The minimum absolute atomic E-state index is 0.107. The number of phosphoric ester groups is 6. The summed E-state index contributed by atoms with van der Waals surface area (Å²) in [5, 5.41) is 23.9. The molecule has 10 unspecified atom stereocenters. The van der Waals surface area contributed by atoms with Crippen molar-refractivity contribution in [2.45, 2.75) is 146 Å². The monoisotopic (exact) mass is 1690 g/mol. The zero-order valence-corrected chi connectivity index (χ0v) is 63.8. The lowest BCUT2D eigenvalue weighted by Gasteiger charge is -2.32. The summed E-state index contributed by atoms with van der Waals surface area (Å²) in [6.07, 6.45) is -13.2. The Morgan fingerprint density at radius 3 is 1.38 bits per heavy atom. The molecule has 51 heteroatoms. The molecule has 19 atom stereocenters. The molecule has 4 aliphatic heterocycles. The number of esters is 1. The molecule has 3 aromatic heterocycles. The van der Waals surface area contributed by atoms with Gasteiger partial charge in [0.1, 0.15) is 42.7 Å². The van der Waals surface area contributed by atoms with Gasteiger partial charge in [-0.3, -0.25) is 75.7 Å². The van der Waals surface area contributed by atoms with Crippen LogP contribution < -0.4 is 68.4 Å². The second-order valence-electron chi connectivity index (χ2n) is 23.9. The van der Waals surface area contributed by atoms with Gasteiger partial charge in [-0.2, -0.15) is 0 Å². The summed E-state index contributed by atoms with van der Waals surface area (Å²) in [6.45, 7) is 2.61. The number of benzene rings is 3. The maximum absolute atomic E-state index is 12.6. The van der Waals surface area contributed by atoms with Gasteiger partial charge in [0.15, 0.2) is 37.2 Å². The van der Waals surface area contributed by atoms with E-state index in [0.717, 1.165) is 62.7 Å². The largest absolute Gasteiger partial charge is 0.756 e. The number of carbonyl (C=O) groups excluding carboxylic acids is 2. The quantitative estimate of drug-likeness (QED) is 0.0178. The number of amides is 1. The van der Waals surface area contributed by atoms with E-state index in [1.807, 2.05) is 47.2 Å². The molecule has 0 aliphatic carbocycles. The zero-order valence-electron chi connectivity index (χ0n) is 58.4. The molecule has 0 radical (unpaired) electrons. The van der Waals surface area contributed by atoms with Gasteiger partial charge in [-0.1, -0.05) is 92.9 Å². The lowest BCUT2D eigenvalue weighted by Crippen LogP contribution is -2.41. The number of unbranched alkanes of at least 4 members (excludes halogenated alkanes) is 3. The molecule has 6 N–H and O–H groups in total. The van der Waals surface area contributed by atoms with Crippen molar-refractivity contribution in [2.24, 2.45) is 0 Å². The van der Waals surface area contributed by atoms with E-state index in [1.165, 1.54) is 39.1 Å². The van der Waals surface area contributed by atoms with Crippen molar-refractivity contribution in [1.82, 2.24) is 28.7 Å². The molecular formula is C60H73N7O38P6-6. The number of fused-ring (bicyclic) bond motifs is 1. The van der Waals surface area contributed by atoms with Gasteiger partial charge in [0, 0.05) is 48.9 Å². The number of nitrogens with one attached hydrogen (secondary N) is 4. The van der Waals surface area contributed by atoms with Crippen LogP contribution in [0.5, 0.6) is 0 Å². The first-order valence-corrected chi connectivity index (χ1v) is 41.8. The van der Waals surface area contributed by atoms with Crippen LogP contribution in [-0.4, -0.2) is 151 Å². The predicted molar refractivity (Wildman–Crippen MR) is 362 cm³/mol. The number of aliphatic hydroxyl groups excluding tert-OH is 2. The third-order valence-corrected chi connectivity index (χ3v) is 23.3. The minimum atomic E-state index is -5.52. The summed E-state index contributed by atoms with van der Waals surface area (Å²) in [6, 6.07) is 28.0. The van der Waals surface area contributed by atoms with Gasteiger partial charge in [0.2, 0.25) is 0 Å². The highest BCUT2D eigenvalue weighted by Gasteiger charge is 2.55. The van der Waals surface area contributed by atoms with E-state index in [-0.39, 0.29) is 12.2 Å². The number of para-hydroxylation sites is 1. The molecule has 4 saturated heterocycles. The highest BCUT2D eigenvalue weighted by molar-refractivity contribution is 7.60. The summed E-state index contributed by atoms with van der Waals surface area (Å²) >= 11 is 0. The Morgan fingerprint density at radius 1 is 0.495 bits per heavy atom. The van der Waals surface area contributed by atoms with E-state index in [9.17, 15) is 105 Å². The lowest BCUT2D eigenvalue weighted by atomic mass is 10.1. The number of hydrogen-bond acceptors (Lipinski definition) is 38. The van der Waals surface area contributed by atoms with Gasteiger partial charge >= 0.3 is 29.1 Å². The van der Waals surface area contributed by atoms with Gasteiger partial charge in [-0.05, 0) is 57.0 Å². The lowest BCUT2D eigenvalue weighted by molar-refractivity contribution is -0.249. The number of H-pyrrole nitrogens is 3. The third-order valence-electron chi connectivity index (χ3n) is 15.3. The average molecular weight is 1690 g/mol. The standard InChI is InChI=1S/C22H30N2O13P2.C20H26N2O12P2.C18H23N3O13P2/c1-2-3-4-8-13-33-38(29,30)37-39(31,32)34-14-16-18(26)19(36-21(27)15-9-6-5-7-10-15)20(35-16)24-12-11-17(25)23-22(24)28;1-12(2)33-36(27,28)34-35(25,26)29-11-14-17-18(19(30-14)22-9-8-15(23)21-20(22)24)32-16(31-17)10-13-6-4-3-5-7-13;1-2-30-35(26,27)34-36(28,29)31-10-12-14(23)15(33-18(25)19-11-6-4-3-5-7-11)16(32-12)21-9-8-13(22)20-17(21)24/h5-7,9-12,16,18-20,26H,2-4,8,13-14H2,1H3,(H,29,30)(H,31,32)(H,23,25,28);3-9,12,14,16-19H,10-11H2,1-2H3,(H,25,26)(H,27,28)(H,21,23,24);3-9,12,14-16,23H,2,10H2,1H3,(H,19,25)(H,26,27)(H,28,29)(H,20,22,24)/p-6/t16-,18+,19?,20-;14-,16?,17+,18?,19-;12-,14+,15?,16-/m111/s1. The number of hydrogen-bond donors (Lipinski definition) is 6. The van der Waals surface area contributed by atoms with Gasteiger partial charge < -0.3 is 99.9 Å². The number of aliphatic hydroxyl groups is 2. The molecule has 3 aromatic carbocycles. The maximum Gasteiger partial charge on any atom is 0.412 e. The van der Waals surface area contributed by atoms with Crippen LogP contribution >= 0.6 is 46.9 Å². The van der Waals surface area contributed by atoms with Gasteiger partial charge in [0.05, 0.1) is 44.7 Å². The third kappa shape index (κ3) is 27.0. The molecule has 0 saturated carbocycles. The van der Waals surface area contributed by atoms with Crippen LogP contribution in [0.1, 0.15) is 88.0 Å². The van der Waals surface area contributed by atoms with E-state index < -0.39 is 205 Å². The number of rotatable bonds is 34. The van der Waals surface area contributed by atoms with Crippen LogP contribution in [0, 0.1) is 0 Å². The number of carbonyl (C=O) groups is 2. The van der Waals surface area contributed by atoms with Crippen LogP contribution in [-0.2, 0) is 107 Å². The fourth-order valence-corrected chi connectivity index (χ4v) is 16.8. The van der Waals surface area contributed by atoms with Crippen LogP contribution in [0.25, 0.3) is 0 Å². The van der Waals surface area contributed by atoms with Crippen LogP contribution in [0.15, 0.2) is 157 Å². The molecule has 45 nitrogen and oxygen atoms in total. The molecule has 1 amide bonds. The number of anilines is 1. The van der Waals surface area contributed by atoms with E-state index in [4.69, 9.17) is 37.7 Å². The van der Waals surface area contributed by atoms with Crippen molar-refractivity contribution in [3.05, 3.63) is 201 Å². The van der Waals surface area contributed by atoms with E-state index >= 15 is 0 Å². The smallest absolute Gasteiger partial charge is 0.412 e. The average Bonchev–Trinajstić information content (AvgIpc) is 1.62. The minimum Gasteiger partial charge on any atom is -0.756 e. The molecule has 6 aromatic rings. The molecule has 4 fully saturated rings. The second kappa shape index (κ2) is 39.8. The highest BCUT2D eigenvalue weighted by Crippen LogP contribution is 2.58. The van der Waals surface area contributed by atoms with Crippen molar-refractivity contribution >= 4 is 64.7 Å². The zero-order chi connectivity index (χ0) is 81.2. The molecule has 10 rings (SSSR count). The summed E-state index contributed by atoms with van der Waals surface area (Å²) in [5.74, 6) is -0.895. The second-order valence-corrected chi connectivity index (χ2v) is 32.8. The SMILES string of the molecule is CC(C)OP(=O)([O-])OP(=O)([O-])OC[C@H]1O[C@@H](n2ccc(=O)[nH]c2=O)C2OC(Cc3ccccc3)O[C@H]21.CCCCCCOP(=O)([O-])OP(=O)([O-])OC[C@H]1O[C@@H](n2ccc(=O)[nH]c2=O)C(OC(=O)c2ccccc2)[C@H]1O.CCOP(=O)([O-])OP(=O)([O-])OC[C@H]1O[C@@H](n2ccc(=O)[nH]c2=O)C(OC(=O)Nc2ccccc2)[C@H]1O. The van der Waals surface area contributed by atoms with Crippen molar-refractivity contribution in [1.29, 1.82) is 0 Å². The van der Waals surface area contributed by atoms with Crippen molar-refractivity contribution in [3.8, 4) is 0 Å². The summed E-state index contributed by atoms with van der Waals surface area (Å²) in [4.78, 5) is 174. The van der Waals surface area contributed by atoms with Crippen molar-refractivity contribution < 1.29 is 150 Å². The first-order valence-electron chi connectivity index (χ1n) is 33.1. The van der Waals surface area contributed by atoms with Gasteiger partial charge in [0.25, 0.3) is 63.6 Å². The first-order chi connectivity index (χ1) is 52.2. The van der Waals surface area contributed by atoms with E-state index in [0.29, 0.717) is 24.9 Å². The van der Waals surface area contributed by atoms with Crippen LogP contribution in [0.4, 0.5) is 10.5 Å². The maximum atomic E-state index is 12.6. The summed E-state index contributed by atoms with van der Waals surface area (Å²) in [5.41, 5.74) is -3.47. The Kier molecular flexibility index (Phi) is 32.1. The molecule has 0 spiro atoms. The van der Waals surface area contributed by atoms with Crippen molar-refractivity contribution in [3.63, 3.8) is 0 Å². The van der Waals surface area contributed by atoms with Gasteiger partial charge in [-0.25, -0.2) is 36.9 Å². The summed E-state index contributed by atoms with van der Waals surface area (Å²) in [7, 11) is -32.1. The molecule has 612 valence electrons. The predicted octanol–water partition coefficient (Wildman–Crippen LogP) is 0.188. The van der Waals surface area contributed by atoms with E-state index in [1.54, 1.807) is 48.5 Å². The number of aromatic nitrogens is 6. The molecule has 4 aliphatic rings.